The lowest BCUT2D eigenvalue weighted by molar-refractivity contribution is -0.305. The Bertz CT molecular complexity index is 355. The molecule has 0 aliphatic carbocycles. The van der Waals surface area contributed by atoms with Crippen LogP contribution in [0.2, 0.25) is 0 Å². The Morgan fingerprint density at radius 1 is 0.938 bits per heavy atom. The van der Waals surface area contributed by atoms with Gasteiger partial charge in [0.15, 0.2) is 6.17 Å². The molecular formula is C9H7F6N. The Kier molecular flexibility index (Phi) is 3.07. The van der Waals surface area contributed by atoms with Crippen LogP contribution in [0.1, 0.15) is 11.7 Å². The van der Waals surface area contributed by atoms with Crippen LogP contribution in [-0.2, 0) is 0 Å². The monoisotopic (exact) mass is 243 g/mol. The Balaban J connectivity index is 3.02. The largest absolute Gasteiger partial charge is 0.456 e. The summed E-state index contributed by atoms with van der Waals surface area (Å²) in [4.78, 5) is 0. The third-order valence-electron chi connectivity index (χ3n) is 1.93. The number of hydrogen-bond donors (Lipinski definition) is 1. The van der Waals surface area contributed by atoms with Gasteiger partial charge in [-0.3, -0.25) is 0 Å². The lowest BCUT2D eigenvalue weighted by Crippen LogP contribution is -2.40. The minimum atomic E-state index is -5.92. The van der Waals surface area contributed by atoms with Gasteiger partial charge in [-0.05, 0) is 17.7 Å². The Hall–Kier alpha value is -1.40. The van der Waals surface area contributed by atoms with Crippen molar-refractivity contribution in [3.63, 3.8) is 0 Å². The standard InChI is InChI=1S/C9H7F6N/c10-7(8(11,12)9(13,14)15)5-1-3-6(16)4-2-5/h1-4,7H,16H2/t7-/m0/s1. The number of halogens is 6. The highest BCUT2D eigenvalue weighted by Crippen LogP contribution is 2.46. The van der Waals surface area contributed by atoms with E-state index in [4.69, 9.17) is 5.73 Å². The van der Waals surface area contributed by atoms with Crippen molar-refractivity contribution >= 4 is 5.69 Å². The van der Waals surface area contributed by atoms with Gasteiger partial charge in [0.1, 0.15) is 0 Å². The third kappa shape index (κ3) is 2.23. The molecule has 16 heavy (non-hydrogen) atoms. The van der Waals surface area contributed by atoms with Crippen molar-refractivity contribution < 1.29 is 26.3 Å². The van der Waals surface area contributed by atoms with Crippen molar-refractivity contribution in [1.29, 1.82) is 0 Å². The number of alkyl halides is 6. The maximum atomic E-state index is 13.0. The fourth-order valence-corrected chi connectivity index (χ4v) is 1.02. The van der Waals surface area contributed by atoms with Crippen LogP contribution < -0.4 is 5.73 Å². The molecule has 0 saturated heterocycles. The van der Waals surface area contributed by atoms with Crippen LogP contribution in [0.5, 0.6) is 0 Å². The van der Waals surface area contributed by atoms with Gasteiger partial charge in [-0.25, -0.2) is 4.39 Å². The van der Waals surface area contributed by atoms with Gasteiger partial charge in [-0.15, -0.1) is 0 Å². The van der Waals surface area contributed by atoms with E-state index in [1.807, 2.05) is 0 Å². The predicted molar refractivity (Wildman–Crippen MR) is 45.7 cm³/mol. The zero-order valence-corrected chi connectivity index (χ0v) is 7.73. The first-order valence-corrected chi connectivity index (χ1v) is 4.10. The summed E-state index contributed by atoms with van der Waals surface area (Å²) < 4.78 is 73.7. The molecular weight excluding hydrogens is 236 g/mol. The quantitative estimate of drug-likeness (QED) is 0.624. The van der Waals surface area contributed by atoms with E-state index in [9.17, 15) is 26.3 Å². The molecule has 0 aliphatic heterocycles. The summed E-state index contributed by atoms with van der Waals surface area (Å²) in [5, 5.41) is 0. The zero-order chi connectivity index (χ0) is 12.6. The smallest absolute Gasteiger partial charge is 0.399 e. The zero-order valence-electron chi connectivity index (χ0n) is 7.73. The second-order valence-electron chi connectivity index (χ2n) is 3.15. The first kappa shape index (κ1) is 12.7. The number of hydrogen-bond acceptors (Lipinski definition) is 1. The van der Waals surface area contributed by atoms with Gasteiger partial charge in [0.05, 0.1) is 0 Å². The first-order valence-electron chi connectivity index (χ1n) is 4.10. The van der Waals surface area contributed by atoms with Crippen LogP contribution in [0.4, 0.5) is 32.0 Å². The van der Waals surface area contributed by atoms with Gasteiger partial charge in [0, 0.05) is 5.69 Å². The maximum Gasteiger partial charge on any atom is 0.456 e. The summed E-state index contributed by atoms with van der Waals surface area (Å²) in [7, 11) is 0. The van der Waals surface area contributed by atoms with Crippen molar-refractivity contribution in [2.75, 3.05) is 5.73 Å². The molecule has 1 rings (SSSR count). The van der Waals surface area contributed by atoms with Crippen molar-refractivity contribution in [2.45, 2.75) is 18.3 Å². The lowest BCUT2D eigenvalue weighted by atomic mass is 10.0. The van der Waals surface area contributed by atoms with Crippen LogP contribution >= 0.6 is 0 Å². The minimum Gasteiger partial charge on any atom is -0.399 e. The first-order chi connectivity index (χ1) is 7.16. The van der Waals surface area contributed by atoms with E-state index in [1.165, 1.54) is 0 Å². The number of nitrogens with two attached hydrogens (primary N) is 1. The molecule has 0 unspecified atom stereocenters. The molecule has 0 fully saturated rings. The SMILES string of the molecule is Nc1ccc([C@H](F)C(F)(F)C(F)(F)F)cc1. The van der Waals surface area contributed by atoms with E-state index in [2.05, 4.69) is 0 Å². The van der Waals surface area contributed by atoms with Crippen molar-refractivity contribution in [2.24, 2.45) is 0 Å². The average molecular weight is 243 g/mol. The normalized spacial score (nSPS) is 14.9. The Labute approximate surface area is 86.9 Å². The van der Waals surface area contributed by atoms with Gasteiger partial charge in [0.25, 0.3) is 0 Å². The molecule has 0 bridgehead atoms. The van der Waals surface area contributed by atoms with E-state index in [-0.39, 0.29) is 5.69 Å². The van der Waals surface area contributed by atoms with Crippen LogP contribution in [0.15, 0.2) is 24.3 Å². The molecule has 0 amide bonds. The van der Waals surface area contributed by atoms with E-state index in [1.54, 1.807) is 0 Å². The van der Waals surface area contributed by atoms with Crippen LogP contribution in [-0.4, -0.2) is 12.1 Å². The topological polar surface area (TPSA) is 26.0 Å². The summed E-state index contributed by atoms with van der Waals surface area (Å²) in [6.07, 6.45) is -9.36. The number of nitrogen functional groups attached to an aromatic ring is 1. The molecule has 7 heteroatoms. The van der Waals surface area contributed by atoms with Crippen molar-refractivity contribution in [1.82, 2.24) is 0 Å². The van der Waals surface area contributed by atoms with E-state index in [0.717, 1.165) is 24.3 Å². The van der Waals surface area contributed by atoms with Crippen LogP contribution in [0.3, 0.4) is 0 Å². The van der Waals surface area contributed by atoms with Gasteiger partial charge in [-0.2, -0.15) is 22.0 Å². The summed E-state index contributed by atoms with van der Waals surface area (Å²) in [5.74, 6) is -5.41. The summed E-state index contributed by atoms with van der Waals surface area (Å²) in [6.45, 7) is 0. The Morgan fingerprint density at radius 3 is 1.75 bits per heavy atom. The van der Waals surface area contributed by atoms with Gasteiger partial charge >= 0.3 is 12.1 Å². The molecule has 0 aromatic heterocycles. The summed E-state index contributed by atoms with van der Waals surface area (Å²) in [5.41, 5.74) is 4.57. The second-order valence-corrected chi connectivity index (χ2v) is 3.15. The highest BCUT2D eigenvalue weighted by molar-refractivity contribution is 5.40. The molecule has 2 N–H and O–H groups in total. The molecule has 1 atom stereocenters. The molecule has 0 heterocycles. The van der Waals surface area contributed by atoms with Crippen molar-refractivity contribution in [3.05, 3.63) is 29.8 Å². The van der Waals surface area contributed by atoms with Gasteiger partial charge in [0.2, 0.25) is 0 Å². The number of benzene rings is 1. The summed E-state index contributed by atoms with van der Waals surface area (Å²) >= 11 is 0. The van der Waals surface area contributed by atoms with E-state index < -0.39 is 23.8 Å². The minimum absolute atomic E-state index is 0.145. The highest BCUT2D eigenvalue weighted by Gasteiger charge is 2.63. The molecule has 0 spiro atoms. The lowest BCUT2D eigenvalue weighted by Gasteiger charge is -2.23. The van der Waals surface area contributed by atoms with E-state index in [0.29, 0.717) is 0 Å². The van der Waals surface area contributed by atoms with Gasteiger partial charge in [-0.1, -0.05) is 12.1 Å². The molecule has 0 aliphatic rings. The van der Waals surface area contributed by atoms with Crippen molar-refractivity contribution in [3.8, 4) is 0 Å². The van der Waals surface area contributed by atoms with E-state index >= 15 is 0 Å². The number of anilines is 1. The Morgan fingerprint density at radius 2 is 1.38 bits per heavy atom. The van der Waals surface area contributed by atoms with Crippen LogP contribution in [0.25, 0.3) is 0 Å². The number of rotatable bonds is 2. The predicted octanol–water partition coefficient (Wildman–Crippen LogP) is 3.48. The molecule has 1 aromatic rings. The fourth-order valence-electron chi connectivity index (χ4n) is 1.02. The highest BCUT2D eigenvalue weighted by atomic mass is 19.4. The molecule has 0 radical (unpaired) electrons. The maximum absolute atomic E-state index is 13.0. The second kappa shape index (κ2) is 3.88. The average Bonchev–Trinajstić information content (AvgIpc) is 2.16. The molecule has 1 aromatic carbocycles. The molecule has 1 nitrogen and oxygen atoms in total. The molecule has 90 valence electrons. The summed E-state index contributed by atoms with van der Waals surface area (Å²) in [6, 6.07) is 3.68. The third-order valence-corrected chi connectivity index (χ3v) is 1.93. The molecule has 0 saturated carbocycles. The van der Waals surface area contributed by atoms with Gasteiger partial charge < -0.3 is 5.73 Å². The fraction of sp³-hybridized carbons (Fsp3) is 0.333. The van der Waals surface area contributed by atoms with Crippen LogP contribution in [0, 0.1) is 0 Å².